The predicted molar refractivity (Wildman–Crippen MR) is 98.9 cm³/mol. The van der Waals surface area contributed by atoms with Crippen LogP contribution in [0.5, 0.6) is 11.5 Å². The molecule has 0 N–H and O–H groups in total. The zero-order chi connectivity index (χ0) is 20.4. The molecule has 2 heterocycles. The lowest BCUT2D eigenvalue weighted by Crippen LogP contribution is -2.33. The molecule has 0 saturated carbocycles. The van der Waals surface area contributed by atoms with Crippen LogP contribution in [0.2, 0.25) is 0 Å². The highest BCUT2D eigenvalue weighted by Crippen LogP contribution is 2.20. The molecule has 0 fully saturated rings. The normalized spacial score (nSPS) is 15.6. The SMILES string of the molecule is O=C1C=CC(=O)N1Oc1ccc(Cc2ccc(ON3C(=O)C=CC3=O)cc2)cc1. The second-order valence-electron chi connectivity index (χ2n) is 6.26. The van der Waals surface area contributed by atoms with Gasteiger partial charge in [-0.15, -0.1) is 0 Å². The topological polar surface area (TPSA) is 93.2 Å². The van der Waals surface area contributed by atoms with Gasteiger partial charge < -0.3 is 9.68 Å². The summed E-state index contributed by atoms with van der Waals surface area (Å²) < 4.78 is 0. The molecule has 2 aliphatic heterocycles. The molecule has 0 atom stereocenters. The molecule has 0 unspecified atom stereocenters. The molecule has 4 rings (SSSR count). The lowest BCUT2D eigenvalue weighted by Gasteiger charge is -2.15. The maximum Gasteiger partial charge on any atom is 0.287 e. The largest absolute Gasteiger partial charge is 0.369 e. The number of hydrogen-bond donors (Lipinski definition) is 0. The van der Waals surface area contributed by atoms with Crippen molar-refractivity contribution in [2.45, 2.75) is 6.42 Å². The van der Waals surface area contributed by atoms with E-state index < -0.39 is 23.6 Å². The summed E-state index contributed by atoms with van der Waals surface area (Å²) in [4.78, 5) is 56.6. The van der Waals surface area contributed by atoms with Crippen molar-refractivity contribution in [3.05, 3.63) is 84.0 Å². The van der Waals surface area contributed by atoms with Gasteiger partial charge in [0.1, 0.15) is 0 Å². The van der Waals surface area contributed by atoms with E-state index in [0.717, 1.165) is 35.4 Å². The van der Waals surface area contributed by atoms with Crippen LogP contribution in [0.3, 0.4) is 0 Å². The number of hydroxylamine groups is 4. The smallest absolute Gasteiger partial charge is 0.287 e. The van der Waals surface area contributed by atoms with E-state index in [2.05, 4.69) is 0 Å². The van der Waals surface area contributed by atoms with Crippen LogP contribution in [0.25, 0.3) is 0 Å². The van der Waals surface area contributed by atoms with Gasteiger partial charge in [-0.3, -0.25) is 19.2 Å². The second kappa shape index (κ2) is 7.43. The first kappa shape index (κ1) is 18.2. The van der Waals surface area contributed by atoms with Crippen LogP contribution in [-0.4, -0.2) is 33.8 Å². The summed E-state index contributed by atoms with van der Waals surface area (Å²) in [6, 6.07) is 14.0. The molecule has 8 heteroatoms. The first-order valence-electron chi connectivity index (χ1n) is 8.66. The number of nitrogens with zero attached hydrogens (tertiary/aromatic N) is 2. The predicted octanol–water partition coefficient (Wildman–Crippen LogP) is 1.71. The van der Waals surface area contributed by atoms with E-state index in [-0.39, 0.29) is 0 Å². The van der Waals surface area contributed by atoms with Crippen molar-refractivity contribution in [1.82, 2.24) is 10.1 Å². The van der Waals surface area contributed by atoms with Gasteiger partial charge in [-0.2, -0.15) is 0 Å². The van der Waals surface area contributed by atoms with E-state index in [1.165, 1.54) is 0 Å². The van der Waals surface area contributed by atoms with Crippen molar-refractivity contribution in [2.75, 3.05) is 0 Å². The molecule has 29 heavy (non-hydrogen) atoms. The van der Waals surface area contributed by atoms with Crippen LogP contribution in [0.4, 0.5) is 0 Å². The van der Waals surface area contributed by atoms with Crippen molar-refractivity contribution in [1.29, 1.82) is 0 Å². The summed E-state index contributed by atoms with van der Waals surface area (Å²) in [5.74, 6) is -1.33. The first-order chi connectivity index (χ1) is 14.0. The first-order valence-corrected chi connectivity index (χ1v) is 8.66. The Morgan fingerprint density at radius 1 is 0.517 bits per heavy atom. The second-order valence-corrected chi connectivity index (χ2v) is 6.26. The van der Waals surface area contributed by atoms with Crippen molar-refractivity contribution in [3.8, 4) is 11.5 Å². The third kappa shape index (κ3) is 3.91. The van der Waals surface area contributed by atoms with Gasteiger partial charge in [-0.25, -0.2) is 0 Å². The number of carbonyl (C=O) groups is 4. The van der Waals surface area contributed by atoms with Gasteiger partial charge in [-0.05, 0) is 41.8 Å². The fraction of sp³-hybridized carbons (Fsp3) is 0.0476. The molecule has 2 aromatic carbocycles. The van der Waals surface area contributed by atoms with E-state index in [1.807, 2.05) is 24.3 Å². The molecule has 8 nitrogen and oxygen atoms in total. The molecule has 0 aliphatic carbocycles. The third-order valence-corrected chi connectivity index (χ3v) is 4.19. The highest BCUT2D eigenvalue weighted by molar-refractivity contribution is 6.12. The minimum absolute atomic E-state index is 0.372. The molecule has 0 bridgehead atoms. The molecular formula is C21H14N2O6. The maximum absolute atomic E-state index is 11.5. The average Bonchev–Trinajstić information content (AvgIpc) is 3.21. The van der Waals surface area contributed by atoms with Crippen LogP contribution in [0, 0.1) is 0 Å². The fourth-order valence-corrected chi connectivity index (χ4v) is 2.74. The van der Waals surface area contributed by atoms with Gasteiger partial charge in [0.2, 0.25) is 0 Å². The Balaban J connectivity index is 1.35. The quantitative estimate of drug-likeness (QED) is 0.698. The molecule has 0 spiro atoms. The van der Waals surface area contributed by atoms with Crippen molar-refractivity contribution in [2.24, 2.45) is 0 Å². The molecular weight excluding hydrogens is 376 g/mol. The highest BCUT2D eigenvalue weighted by Gasteiger charge is 2.26. The fourth-order valence-electron chi connectivity index (χ4n) is 2.74. The molecule has 0 radical (unpaired) electrons. The number of amides is 4. The number of hydrogen-bond acceptors (Lipinski definition) is 6. The Labute approximate surface area is 165 Å². The summed E-state index contributed by atoms with van der Waals surface area (Å²) in [5, 5.41) is 1.39. The van der Waals surface area contributed by atoms with Crippen LogP contribution >= 0.6 is 0 Å². The number of rotatable bonds is 6. The van der Waals surface area contributed by atoms with E-state index in [4.69, 9.17) is 9.68 Å². The summed E-state index contributed by atoms with van der Waals surface area (Å²) in [6.07, 6.45) is 5.21. The summed E-state index contributed by atoms with van der Waals surface area (Å²) >= 11 is 0. The van der Waals surface area contributed by atoms with E-state index in [9.17, 15) is 19.2 Å². The van der Waals surface area contributed by atoms with Crippen molar-refractivity contribution >= 4 is 23.6 Å². The van der Waals surface area contributed by atoms with Crippen LogP contribution < -0.4 is 9.68 Å². The number of carbonyl (C=O) groups excluding carboxylic acids is 4. The highest BCUT2D eigenvalue weighted by atomic mass is 16.7. The molecule has 0 aromatic heterocycles. The van der Waals surface area contributed by atoms with Gasteiger partial charge in [0.05, 0.1) is 0 Å². The lowest BCUT2D eigenvalue weighted by atomic mass is 10.0. The minimum atomic E-state index is -0.519. The Morgan fingerprint density at radius 3 is 1.14 bits per heavy atom. The summed E-state index contributed by atoms with van der Waals surface area (Å²) in [6.45, 7) is 0. The van der Waals surface area contributed by atoms with E-state index >= 15 is 0 Å². The van der Waals surface area contributed by atoms with Gasteiger partial charge in [0.15, 0.2) is 11.5 Å². The van der Waals surface area contributed by atoms with E-state index in [0.29, 0.717) is 28.0 Å². The lowest BCUT2D eigenvalue weighted by molar-refractivity contribution is -0.163. The Hall–Kier alpha value is -4.20. The minimum Gasteiger partial charge on any atom is -0.369 e. The molecule has 2 aromatic rings. The Bertz CT molecular complexity index is 932. The monoisotopic (exact) mass is 390 g/mol. The van der Waals surface area contributed by atoms with Crippen LogP contribution in [-0.2, 0) is 25.6 Å². The molecule has 0 saturated heterocycles. The molecule has 144 valence electrons. The van der Waals surface area contributed by atoms with Crippen LogP contribution in [0.15, 0.2) is 72.8 Å². The standard InChI is InChI=1S/C21H14N2O6/c24-18-9-10-19(25)22(18)28-16-5-1-14(2-6-16)13-15-3-7-17(8-4-15)29-23-20(26)11-12-21(23)27/h1-12H,13H2. The van der Waals surface area contributed by atoms with Crippen LogP contribution in [0.1, 0.15) is 11.1 Å². The third-order valence-electron chi connectivity index (χ3n) is 4.19. The zero-order valence-corrected chi connectivity index (χ0v) is 15.0. The maximum atomic E-state index is 11.5. The summed E-state index contributed by atoms with van der Waals surface area (Å²) in [7, 11) is 0. The zero-order valence-electron chi connectivity index (χ0n) is 15.0. The molecule has 2 aliphatic rings. The number of imide groups is 2. The summed E-state index contributed by atoms with van der Waals surface area (Å²) in [5.41, 5.74) is 1.97. The average molecular weight is 390 g/mol. The number of benzene rings is 2. The van der Waals surface area contributed by atoms with Crippen molar-refractivity contribution < 1.29 is 28.9 Å². The van der Waals surface area contributed by atoms with Gasteiger partial charge in [0, 0.05) is 24.3 Å². The Morgan fingerprint density at radius 2 is 0.828 bits per heavy atom. The van der Waals surface area contributed by atoms with Crippen molar-refractivity contribution in [3.63, 3.8) is 0 Å². The van der Waals surface area contributed by atoms with Gasteiger partial charge >= 0.3 is 0 Å². The Kier molecular flexibility index (Phi) is 4.66. The molecule has 4 amide bonds. The van der Waals surface area contributed by atoms with Gasteiger partial charge in [-0.1, -0.05) is 34.4 Å². The van der Waals surface area contributed by atoms with Gasteiger partial charge in [0.25, 0.3) is 23.6 Å². The van der Waals surface area contributed by atoms with E-state index in [1.54, 1.807) is 24.3 Å².